The van der Waals surface area contributed by atoms with Crippen LogP contribution in [0.3, 0.4) is 0 Å². The van der Waals surface area contributed by atoms with E-state index in [-0.39, 0.29) is 5.56 Å². The van der Waals surface area contributed by atoms with Crippen molar-refractivity contribution < 1.29 is 32.9 Å². The van der Waals surface area contributed by atoms with Crippen molar-refractivity contribution >= 4 is 12.1 Å². The van der Waals surface area contributed by atoms with Gasteiger partial charge in [-0.2, -0.15) is 5.10 Å². The lowest BCUT2D eigenvalue weighted by atomic mass is 9.98. The van der Waals surface area contributed by atoms with Crippen LogP contribution in [0.25, 0.3) is 0 Å². The molecule has 3 heterocycles. The highest BCUT2D eigenvalue weighted by Crippen LogP contribution is 2.44. The van der Waals surface area contributed by atoms with E-state index in [1.165, 1.54) is 12.3 Å². The summed E-state index contributed by atoms with van der Waals surface area (Å²) in [6.07, 6.45) is -2.33. The van der Waals surface area contributed by atoms with E-state index in [1.807, 2.05) is 0 Å². The van der Waals surface area contributed by atoms with E-state index >= 15 is 0 Å². The maximum atomic E-state index is 13.7. The van der Waals surface area contributed by atoms with Crippen molar-refractivity contribution in [3.8, 4) is 0 Å². The zero-order chi connectivity index (χ0) is 20.1. The number of rotatable bonds is 3. The maximum Gasteiger partial charge on any atom is 0.272 e. The molecule has 4 rings (SSSR count). The summed E-state index contributed by atoms with van der Waals surface area (Å²) in [6, 6.07) is 6.10. The Morgan fingerprint density at radius 1 is 1.04 bits per heavy atom. The summed E-state index contributed by atoms with van der Waals surface area (Å²) in [5, 5.41) is 3.83. The average molecular weight is 394 g/mol. The average Bonchev–Trinajstić information content (AvgIpc) is 3.09. The van der Waals surface area contributed by atoms with Gasteiger partial charge < -0.3 is 23.7 Å². The van der Waals surface area contributed by atoms with Gasteiger partial charge in [0, 0.05) is 5.56 Å². The Labute approximate surface area is 161 Å². The number of benzene rings is 1. The van der Waals surface area contributed by atoms with Crippen molar-refractivity contribution in [1.29, 1.82) is 0 Å². The zero-order valence-corrected chi connectivity index (χ0v) is 16.0. The first-order valence-electron chi connectivity index (χ1n) is 9.09. The van der Waals surface area contributed by atoms with Crippen LogP contribution in [0.15, 0.2) is 29.4 Å². The van der Waals surface area contributed by atoms with Crippen LogP contribution in [0, 0.1) is 5.82 Å². The van der Waals surface area contributed by atoms with Crippen molar-refractivity contribution in [2.45, 2.75) is 70.0 Å². The van der Waals surface area contributed by atoms with Crippen LogP contribution in [0.5, 0.6) is 0 Å². The second kappa shape index (κ2) is 6.85. The molecule has 0 bridgehead atoms. The molecule has 152 valence electrons. The van der Waals surface area contributed by atoms with Gasteiger partial charge in [0.05, 0.1) is 6.21 Å². The molecule has 3 saturated heterocycles. The third kappa shape index (κ3) is 3.68. The number of carbonyl (C=O) groups excluding carboxylic acids is 1. The summed E-state index contributed by atoms with van der Waals surface area (Å²) in [5.74, 6) is -2.76. The van der Waals surface area contributed by atoms with Gasteiger partial charge in [-0.25, -0.2) is 9.82 Å². The molecule has 8 nitrogen and oxygen atoms in total. The van der Waals surface area contributed by atoms with Gasteiger partial charge in [0.2, 0.25) is 0 Å². The fraction of sp³-hybridized carbons (Fsp3) is 0.579. The number of fused-ring (bicyclic) bond motifs is 3. The second-order valence-corrected chi connectivity index (χ2v) is 7.85. The summed E-state index contributed by atoms with van der Waals surface area (Å²) in [6.45, 7) is 7.04. The van der Waals surface area contributed by atoms with Gasteiger partial charge >= 0.3 is 0 Å². The van der Waals surface area contributed by atoms with Gasteiger partial charge in [-0.15, -0.1) is 0 Å². The lowest BCUT2D eigenvalue weighted by Crippen LogP contribution is -2.59. The maximum absolute atomic E-state index is 13.7. The Hall–Kier alpha value is -1.91. The first-order valence-corrected chi connectivity index (χ1v) is 9.09. The third-order valence-corrected chi connectivity index (χ3v) is 4.70. The predicted octanol–water partition coefficient (Wildman–Crippen LogP) is 1.67. The van der Waals surface area contributed by atoms with Crippen LogP contribution in [0.2, 0.25) is 0 Å². The van der Waals surface area contributed by atoms with Crippen LogP contribution < -0.4 is 5.43 Å². The highest BCUT2D eigenvalue weighted by molar-refractivity contribution is 5.85. The lowest BCUT2D eigenvalue weighted by Gasteiger charge is -2.36. The molecular formula is C19H23FN2O6. The number of hydrazone groups is 1. The fourth-order valence-corrected chi connectivity index (χ4v) is 3.63. The van der Waals surface area contributed by atoms with Crippen LogP contribution in [0.1, 0.15) is 33.3 Å². The molecule has 0 spiro atoms. The molecule has 9 heteroatoms. The van der Waals surface area contributed by atoms with E-state index in [9.17, 15) is 9.18 Å². The van der Waals surface area contributed by atoms with Gasteiger partial charge in [0.15, 0.2) is 24.0 Å². The quantitative estimate of drug-likeness (QED) is 0.620. The zero-order valence-electron chi connectivity index (χ0n) is 16.0. The smallest absolute Gasteiger partial charge is 0.272 e. The fourth-order valence-electron chi connectivity index (χ4n) is 3.63. The Bertz CT molecular complexity index is 798. The first-order chi connectivity index (χ1) is 13.2. The van der Waals surface area contributed by atoms with E-state index in [0.29, 0.717) is 0 Å². The van der Waals surface area contributed by atoms with Crippen LogP contribution in [-0.4, -0.2) is 54.4 Å². The van der Waals surface area contributed by atoms with Crippen LogP contribution >= 0.6 is 0 Å². The number of nitrogens with one attached hydrogen (secondary N) is 1. The summed E-state index contributed by atoms with van der Waals surface area (Å²) in [5.41, 5.74) is 2.63. The first kappa shape index (κ1) is 19.4. The molecule has 5 atom stereocenters. The van der Waals surface area contributed by atoms with Gasteiger partial charge in [-0.3, -0.25) is 4.79 Å². The molecule has 3 fully saturated rings. The van der Waals surface area contributed by atoms with Gasteiger partial charge in [0.1, 0.15) is 24.1 Å². The van der Waals surface area contributed by atoms with E-state index < -0.39 is 54.0 Å². The van der Waals surface area contributed by atoms with Crippen molar-refractivity contribution in [2.75, 3.05) is 0 Å². The molecule has 3 aliphatic rings. The lowest BCUT2D eigenvalue weighted by molar-refractivity contribution is -0.231. The minimum absolute atomic E-state index is 0.251. The molecule has 0 saturated carbocycles. The third-order valence-electron chi connectivity index (χ3n) is 4.70. The molecule has 0 unspecified atom stereocenters. The van der Waals surface area contributed by atoms with E-state index in [1.54, 1.807) is 45.9 Å². The molecule has 1 N–H and O–H groups in total. The summed E-state index contributed by atoms with van der Waals surface area (Å²) >= 11 is 0. The molecule has 0 radical (unpaired) electrons. The van der Waals surface area contributed by atoms with Crippen molar-refractivity contribution in [3.63, 3.8) is 0 Å². The molecule has 28 heavy (non-hydrogen) atoms. The number of hydrogen-bond acceptors (Lipinski definition) is 7. The normalized spacial score (nSPS) is 35.5. The van der Waals surface area contributed by atoms with Crippen molar-refractivity contribution in [1.82, 2.24) is 5.43 Å². The Morgan fingerprint density at radius 3 is 2.43 bits per heavy atom. The molecule has 0 aromatic heterocycles. The van der Waals surface area contributed by atoms with Crippen molar-refractivity contribution in [2.24, 2.45) is 5.10 Å². The van der Waals surface area contributed by atoms with Gasteiger partial charge in [0.25, 0.3) is 5.91 Å². The highest BCUT2D eigenvalue weighted by atomic mass is 19.1. The molecule has 3 aliphatic heterocycles. The number of amides is 1. The molecule has 1 aromatic carbocycles. The second-order valence-electron chi connectivity index (χ2n) is 7.85. The number of halogens is 1. The molecule has 0 aliphatic carbocycles. The summed E-state index contributed by atoms with van der Waals surface area (Å²) < 4.78 is 43.0. The van der Waals surface area contributed by atoms with E-state index in [0.717, 1.165) is 0 Å². The SMILES string of the molecule is CC1(C)O[C@@H]2O[C@@H](C(=O)N/N=C\c3ccccc3F)[C@H]3OC(C)(C)O[C@H]3[C@H]2O1. The minimum Gasteiger partial charge on any atom is -0.342 e. The Morgan fingerprint density at radius 2 is 1.68 bits per heavy atom. The monoisotopic (exact) mass is 394 g/mol. The van der Waals surface area contributed by atoms with Gasteiger partial charge in [-0.05, 0) is 33.8 Å². The topological polar surface area (TPSA) is 87.6 Å². The number of nitrogens with zero attached hydrogens (tertiary/aromatic N) is 1. The molecule has 1 aromatic rings. The molecular weight excluding hydrogens is 371 g/mol. The van der Waals surface area contributed by atoms with Crippen LogP contribution in [0.4, 0.5) is 4.39 Å². The Balaban J connectivity index is 1.50. The predicted molar refractivity (Wildman–Crippen MR) is 94.7 cm³/mol. The van der Waals surface area contributed by atoms with E-state index in [4.69, 9.17) is 23.7 Å². The standard InChI is InChI=1S/C19H23FN2O6/c1-18(2)25-12-13(26-18)15-17(28-19(3,4)27-15)24-14(12)16(23)22-21-9-10-7-5-6-8-11(10)20/h5-9,12-15,17H,1-4H3,(H,22,23)/b21-9-/t12-,13+,14+,15+,17-/m0/s1. The van der Waals surface area contributed by atoms with Crippen molar-refractivity contribution in [3.05, 3.63) is 35.6 Å². The highest BCUT2D eigenvalue weighted by Gasteiger charge is 2.62. The van der Waals surface area contributed by atoms with Gasteiger partial charge in [-0.1, -0.05) is 18.2 Å². The molecule has 1 amide bonds. The number of ether oxygens (including phenoxy) is 5. The number of carbonyl (C=O) groups is 1. The van der Waals surface area contributed by atoms with E-state index in [2.05, 4.69) is 10.5 Å². The Kier molecular flexibility index (Phi) is 4.75. The number of hydrogen-bond donors (Lipinski definition) is 1. The minimum atomic E-state index is -1.02. The summed E-state index contributed by atoms with van der Waals surface area (Å²) in [7, 11) is 0. The largest absolute Gasteiger partial charge is 0.342 e. The van der Waals surface area contributed by atoms with Crippen LogP contribution in [-0.2, 0) is 28.5 Å². The summed E-state index contributed by atoms with van der Waals surface area (Å²) in [4.78, 5) is 12.7.